The molecule has 0 bridgehead atoms. The topological polar surface area (TPSA) is 55.5 Å². The van der Waals surface area contributed by atoms with Crippen LogP contribution in [-0.4, -0.2) is 30.0 Å². The van der Waals surface area contributed by atoms with Gasteiger partial charge in [-0.05, 0) is 25.3 Å². The van der Waals surface area contributed by atoms with Crippen molar-refractivity contribution in [2.45, 2.75) is 70.6 Å². The van der Waals surface area contributed by atoms with Crippen LogP contribution in [0, 0.1) is 0 Å². The molecule has 0 aliphatic carbocycles. The second-order valence-electron chi connectivity index (χ2n) is 5.91. The first-order valence-corrected chi connectivity index (χ1v) is 8.22. The molecule has 3 atom stereocenters. The Kier molecular flexibility index (Phi) is 9.31. The standard InChI is InChI=1S/C18H31NO2/c1-3-4-5-7-10-15(2)21-14-18(20)17(19)13-16-11-8-6-9-12-16/h6,8-9,11-12,15,17-18,20H,3-5,7,10,13-14,19H2,1-2H3. The van der Waals surface area contributed by atoms with Crippen molar-refractivity contribution in [1.82, 2.24) is 0 Å². The van der Waals surface area contributed by atoms with Crippen LogP contribution in [-0.2, 0) is 11.2 Å². The van der Waals surface area contributed by atoms with Crippen LogP contribution in [0.3, 0.4) is 0 Å². The van der Waals surface area contributed by atoms with E-state index < -0.39 is 6.10 Å². The Bertz CT molecular complexity index is 355. The molecule has 1 rings (SSSR count). The van der Waals surface area contributed by atoms with Gasteiger partial charge in [-0.2, -0.15) is 0 Å². The maximum atomic E-state index is 10.1. The molecular formula is C18H31NO2. The number of hydrogen-bond acceptors (Lipinski definition) is 3. The Morgan fingerprint density at radius 2 is 1.86 bits per heavy atom. The fourth-order valence-corrected chi connectivity index (χ4v) is 2.35. The Balaban J connectivity index is 2.18. The molecule has 1 aromatic rings. The molecule has 0 fully saturated rings. The summed E-state index contributed by atoms with van der Waals surface area (Å²) in [5, 5.41) is 10.1. The Hall–Kier alpha value is -0.900. The number of benzene rings is 1. The molecule has 1 aromatic carbocycles. The number of unbranched alkanes of at least 4 members (excludes halogenated alkanes) is 3. The first-order valence-electron chi connectivity index (χ1n) is 8.22. The third-order valence-corrected chi connectivity index (χ3v) is 3.82. The number of rotatable bonds is 11. The van der Waals surface area contributed by atoms with Crippen molar-refractivity contribution in [1.29, 1.82) is 0 Å². The van der Waals surface area contributed by atoms with E-state index in [0.29, 0.717) is 13.0 Å². The minimum Gasteiger partial charge on any atom is -0.389 e. The van der Waals surface area contributed by atoms with E-state index in [0.717, 1.165) is 12.0 Å². The maximum Gasteiger partial charge on any atom is 0.0927 e. The van der Waals surface area contributed by atoms with Crippen LogP contribution in [0.5, 0.6) is 0 Å². The van der Waals surface area contributed by atoms with Gasteiger partial charge in [-0.1, -0.05) is 62.9 Å². The fourth-order valence-electron chi connectivity index (χ4n) is 2.35. The van der Waals surface area contributed by atoms with Crippen molar-refractivity contribution < 1.29 is 9.84 Å². The summed E-state index contributed by atoms with van der Waals surface area (Å²) in [5.74, 6) is 0. The Morgan fingerprint density at radius 1 is 1.14 bits per heavy atom. The first-order chi connectivity index (χ1) is 10.1. The molecule has 120 valence electrons. The minimum absolute atomic E-state index is 0.195. The number of ether oxygens (including phenoxy) is 1. The summed E-state index contributed by atoms with van der Waals surface area (Å²) in [5.41, 5.74) is 7.19. The number of nitrogens with two attached hydrogens (primary N) is 1. The molecule has 0 saturated carbocycles. The van der Waals surface area contributed by atoms with Gasteiger partial charge in [-0.3, -0.25) is 0 Å². The predicted octanol–water partition coefficient (Wildman–Crippen LogP) is 3.29. The lowest BCUT2D eigenvalue weighted by Crippen LogP contribution is -2.40. The van der Waals surface area contributed by atoms with Crippen molar-refractivity contribution in [3.63, 3.8) is 0 Å². The molecule has 0 saturated heterocycles. The average Bonchev–Trinajstić information content (AvgIpc) is 2.50. The molecule has 0 radical (unpaired) electrons. The van der Waals surface area contributed by atoms with E-state index >= 15 is 0 Å². The minimum atomic E-state index is -0.608. The normalized spacial score (nSPS) is 15.6. The van der Waals surface area contributed by atoms with Crippen molar-refractivity contribution in [2.75, 3.05) is 6.61 Å². The average molecular weight is 293 g/mol. The fraction of sp³-hybridized carbons (Fsp3) is 0.667. The van der Waals surface area contributed by atoms with Crippen molar-refractivity contribution in [2.24, 2.45) is 5.73 Å². The molecule has 0 aromatic heterocycles. The molecule has 0 aliphatic rings. The molecule has 3 unspecified atom stereocenters. The predicted molar refractivity (Wildman–Crippen MR) is 88.3 cm³/mol. The van der Waals surface area contributed by atoms with Gasteiger partial charge in [-0.15, -0.1) is 0 Å². The van der Waals surface area contributed by atoms with E-state index in [2.05, 4.69) is 13.8 Å². The van der Waals surface area contributed by atoms with E-state index in [9.17, 15) is 5.11 Å². The van der Waals surface area contributed by atoms with E-state index in [4.69, 9.17) is 10.5 Å². The van der Waals surface area contributed by atoms with Crippen LogP contribution in [0.2, 0.25) is 0 Å². The van der Waals surface area contributed by atoms with Gasteiger partial charge in [0.05, 0.1) is 18.8 Å². The largest absolute Gasteiger partial charge is 0.389 e. The third-order valence-electron chi connectivity index (χ3n) is 3.82. The molecule has 0 spiro atoms. The SMILES string of the molecule is CCCCCCC(C)OCC(O)C(N)Cc1ccccc1. The second kappa shape index (κ2) is 10.8. The summed E-state index contributed by atoms with van der Waals surface area (Å²) < 4.78 is 5.71. The maximum absolute atomic E-state index is 10.1. The summed E-state index contributed by atoms with van der Waals surface area (Å²) in [4.78, 5) is 0. The molecule has 0 heterocycles. The summed E-state index contributed by atoms with van der Waals surface area (Å²) in [6.45, 7) is 4.61. The van der Waals surface area contributed by atoms with Crippen molar-refractivity contribution in [3.05, 3.63) is 35.9 Å². The molecular weight excluding hydrogens is 262 g/mol. The van der Waals surface area contributed by atoms with Crippen LogP contribution in [0.15, 0.2) is 30.3 Å². The lowest BCUT2D eigenvalue weighted by atomic mass is 10.0. The smallest absolute Gasteiger partial charge is 0.0927 e. The van der Waals surface area contributed by atoms with Gasteiger partial charge in [0.2, 0.25) is 0 Å². The zero-order valence-electron chi connectivity index (χ0n) is 13.5. The molecule has 0 aliphatic heterocycles. The molecule has 0 amide bonds. The quantitative estimate of drug-likeness (QED) is 0.616. The van der Waals surface area contributed by atoms with Gasteiger partial charge in [0.15, 0.2) is 0 Å². The number of hydrogen-bond donors (Lipinski definition) is 2. The van der Waals surface area contributed by atoms with Gasteiger partial charge in [-0.25, -0.2) is 0 Å². The van der Waals surface area contributed by atoms with E-state index in [1.165, 1.54) is 25.7 Å². The summed E-state index contributed by atoms with van der Waals surface area (Å²) >= 11 is 0. The Labute approximate surface area is 129 Å². The van der Waals surface area contributed by atoms with Gasteiger partial charge in [0.1, 0.15) is 0 Å². The lowest BCUT2D eigenvalue weighted by Gasteiger charge is -2.21. The van der Waals surface area contributed by atoms with Crippen LogP contribution >= 0.6 is 0 Å². The summed E-state index contributed by atoms with van der Waals surface area (Å²) in [6.07, 6.45) is 6.32. The monoisotopic (exact) mass is 293 g/mol. The number of aliphatic hydroxyl groups excluding tert-OH is 1. The zero-order valence-corrected chi connectivity index (χ0v) is 13.5. The van der Waals surface area contributed by atoms with Gasteiger partial charge in [0, 0.05) is 6.04 Å². The van der Waals surface area contributed by atoms with Gasteiger partial charge >= 0.3 is 0 Å². The second-order valence-corrected chi connectivity index (χ2v) is 5.91. The van der Waals surface area contributed by atoms with E-state index in [1.807, 2.05) is 30.3 Å². The molecule has 3 nitrogen and oxygen atoms in total. The summed E-state index contributed by atoms with van der Waals surface area (Å²) in [7, 11) is 0. The Morgan fingerprint density at radius 3 is 2.52 bits per heavy atom. The molecule has 21 heavy (non-hydrogen) atoms. The highest BCUT2D eigenvalue weighted by Crippen LogP contribution is 2.10. The van der Waals surface area contributed by atoms with E-state index in [-0.39, 0.29) is 12.1 Å². The number of aliphatic hydroxyl groups is 1. The van der Waals surface area contributed by atoms with Gasteiger partial charge in [0.25, 0.3) is 0 Å². The lowest BCUT2D eigenvalue weighted by molar-refractivity contribution is -0.0145. The highest BCUT2D eigenvalue weighted by Gasteiger charge is 2.16. The van der Waals surface area contributed by atoms with Gasteiger partial charge < -0.3 is 15.6 Å². The first kappa shape index (κ1) is 18.1. The highest BCUT2D eigenvalue weighted by molar-refractivity contribution is 5.16. The molecule has 3 N–H and O–H groups in total. The molecule has 3 heteroatoms. The van der Waals surface area contributed by atoms with Crippen LogP contribution < -0.4 is 5.73 Å². The van der Waals surface area contributed by atoms with Crippen LogP contribution in [0.4, 0.5) is 0 Å². The third kappa shape index (κ3) is 8.20. The van der Waals surface area contributed by atoms with Crippen molar-refractivity contribution in [3.8, 4) is 0 Å². The summed E-state index contributed by atoms with van der Waals surface area (Å²) in [6, 6.07) is 9.74. The zero-order chi connectivity index (χ0) is 15.5. The highest BCUT2D eigenvalue weighted by atomic mass is 16.5. The van der Waals surface area contributed by atoms with Crippen molar-refractivity contribution >= 4 is 0 Å². The van der Waals surface area contributed by atoms with Crippen LogP contribution in [0.25, 0.3) is 0 Å². The van der Waals surface area contributed by atoms with E-state index in [1.54, 1.807) is 0 Å². The van der Waals surface area contributed by atoms with Crippen LogP contribution in [0.1, 0.15) is 51.5 Å².